The van der Waals surface area contributed by atoms with E-state index in [-0.39, 0.29) is 0 Å². The standard InChI is InChI=1S/C14H13NO3/c1-17-12-6-10(9-16)5-11(7-12)13-8-15-4-3-14(13)18-2/h3-9H,1-2H3. The summed E-state index contributed by atoms with van der Waals surface area (Å²) in [7, 11) is 3.16. The van der Waals surface area contributed by atoms with Crippen LogP contribution in [0.15, 0.2) is 36.7 Å². The molecule has 0 amide bonds. The van der Waals surface area contributed by atoms with Crippen molar-refractivity contribution in [1.82, 2.24) is 4.98 Å². The third-order valence-corrected chi connectivity index (χ3v) is 2.61. The maximum atomic E-state index is 10.9. The van der Waals surface area contributed by atoms with Crippen LogP contribution >= 0.6 is 0 Å². The van der Waals surface area contributed by atoms with Crippen molar-refractivity contribution in [2.45, 2.75) is 0 Å². The number of aldehydes is 1. The first-order chi connectivity index (χ1) is 8.78. The van der Waals surface area contributed by atoms with Crippen molar-refractivity contribution < 1.29 is 14.3 Å². The molecule has 92 valence electrons. The lowest BCUT2D eigenvalue weighted by Gasteiger charge is -2.09. The van der Waals surface area contributed by atoms with Crippen molar-refractivity contribution in [1.29, 1.82) is 0 Å². The first-order valence-corrected chi connectivity index (χ1v) is 5.41. The summed E-state index contributed by atoms with van der Waals surface area (Å²) in [5.41, 5.74) is 2.21. The molecule has 0 aliphatic heterocycles. The zero-order valence-electron chi connectivity index (χ0n) is 10.2. The van der Waals surface area contributed by atoms with Crippen LogP contribution in [0.3, 0.4) is 0 Å². The fraction of sp³-hybridized carbons (Fsp3) is 0.143. The minimum Gasteiger partial charge on any atom is -0.497 e. The predicted octanol–water partition coefficient (Wildman–Crippen LogP) is 2.58. The lowest BCUT2D eigenvalue weighted by atomic mass is 10.0. The molecule has 0 saturated heterocycles. The zero-order valence-corrected chi connectivity index (χ0v) is 10.2. The van der Waals surface area contributed by atoms with Crippen molar-refractivity contribution in [2.24, 2.45) is 0 Å². The van der Waals surface area contributed by atoms with Crippen molar-refractivity contribution in [3.05, 3.63) is 42.2 Å². The zero-order chi connectivity index (χ0) is 13.0. The number of carbonyl (C=O) groups excluding carboxylic acids is 1. The van der Waals surface area contributed by atoms with E-state index in [1.54, 1.807) is 44.8 Å². The molecule has 0 bridgehead atoms. The van der Waals surface area contributed by atoms with Gasteiger partial charge in [-0.1, -0.05) is 0 Å². The molecule has 4 heteroatoms. The summed E-state index contributed by atoms with van der Waals surface area (Å²) < 4.78 is 10.4. The van der Waals surface area contributed by atoms with Crippen LogP contribution in [0, 0.1) is 0 Å². The Balaban J connectivity index is 2.59. The number of rotatable bonds is 4. The van der Waals surface area contributed by atoms with Crippen molar-refractivity contribution >= 4 is 6.29 Å². The summed E-state index contributed by atoms with van der Waals surface area (Å²) in [6, 6.07) is 7.07. The molecule has 0 fully saturated rings. The van der Waals surface area contributed by atoms with Gasteiger partial charge in [0.05, 0.1) is 14.2 Å². The van der Waals surface area contributed by atoms with Crippen LogP contribution in [0.4, 0.5) is 0 Å². The molecule has 0 N–H and O–H groups in total. The Morgan fingerprint density at radius 1 is 1.17 bits per heavy atom. The highest BCUT2D eigenvalue weighted by molar-refractivity contribution is 5.81. The number of aromatic nitrogens is 1. The van der Waals surface area contributed by atoms with Gasteiger partial charge >= 0.3 is 0 Å². The maximum absolute atomic E-state index is 10.9. The summed E-state index contributed by atoms with van der Waals surface area (Å²) in [6.45, 7) is 0. The highest BCUT2D eigenvalue weighted by Crippen LogP contribution is 2.31. The molecular weight excluding hydrogens is 230 g/mol. The number of methoxy groups -OCH3 is 2. The van der Waals surface area contributed by atoms with Crippen LogP contribution < -0.4 is 9.47 Å². The van der Waals surface area contributed by atoms with Crippen LogP contribution in [-0.4, -0.2) is 25.5 Å². The molecular formula is C14H13NO3. The topological polar surface area (TPSA) is 48.4 Å². The van der Waals surface area contributed by atoms with Crippen molar-refractivity contribution in [3.8, 4) is 22.6 Å². The Hall–Kier alpha value is -2.36. The number of pyridine rings is 1. The molecule has 0 atom stereocenters. The van der Waals surface area contributed by atoms with E-state index in [0.717, 1.165) is 17.4 Å². The summed E-state index contributed by atoms with van der Waals surface area (Å²) in [5, 5.41) is 0. The van der Waals surface area contributed by atoms with Gasteiger partial charge in [-0.15, -0.1) is 0 Å². The molecule has 0 radical (unpaired) electrons. The van der Waals surface area contributed by atoms with Gasteiger partial charge in [-0.3, -0.25) is 9.78 Å². The summed E-state index contributed by atoms with van der Waals surface area (Å²) in [6.07, 6.45) is 4.14. The van der Waals surface area contributed by atoms with E-state index in [1.807, 2.05) is 6.07 Å². The largest absolute Gasteiger partial charge is 0.497 e. The smallest absolute Gasteiger partial charge is 0.150 e. The van der Waals surface area contributed by atoms with Crippen LogP contribution in [0.25, 0.3) is 11.1 Å². The number of hydrogen-bond acceptors (Lipinski definition) is 4. The maximum Gasteiger partial charge on any atom is 0.150 e. The van der Waals surface area contributed by atoms with Crippen LogP contribution in [-0.2, 0) is 0 Å². The molecule has 4 nitrogen and oxygen atoms in total. The second-order valence-electron chi connectivity index (χ2n) is 3.69. The summed E-state index contributed by atoms with van der Waals surface area (Å²) in [5.74, 6) is 1.33. The van der Waals surface area contributed by atoms with Gasteiger partial charge < -0.3 is 9.47 Å². The van der Waals surface area contributed by atoms with E-state index in [9.17, 15) is 4.79 Å². The van der Waals surface area contributed by atoms with E-state index >= 15 is 0 Å². The van der Waals surface area contributed by atoms with Gasteiger partial charge in [-0.25, -0.2) is 0 Å². The van der Waals surface area contributed by atoms with E-state index < -0.39 is 0 Å². The van der Waals surface area contributed by atoms with E-state index in [4.69, 9.17) is 9.47 Å². The summed E-state index contributed by atoms with van der Waals surface area (Å²) >= 11 is 0. The minimum absolute atomic E-state index is 0.551. The van der Waals surface area contributed by atoms with Crippen LogP contribution in [0.5, 0.6) is 11.5 Å². The molecule has 2 aromatic rings. The number of ether oxygens (including phenoxy) is 2. The fourth-order valence-electron chi connectivity index (χ4n) is 1.74. The Bertz CT molecular complexity index is 567. The average Bonchev–Trinajstić information content (AvgIpc) is 2.46. The molecule has 1 aromatic carbocycles. The Morgan fingerprint density at radius 2 is 2.00 bits per heavy atom. The second-order valence-corrected chi connectivity index (χ2v) is 3.69. The van der Waals surface area contributed by atoms with Crippen molar-refractivity contribution in [3.63, 3.8) is 0 Å². The monoisotopic (exact) mass is 243 g/mol. The third kappa shape index (κ3) is 2.32. The molecule has 1 heterocycles. The molecule has 0 spiro atoms. The normalized spacial score (nSPS) is 9.89. The van der Waals surface area contributed by atoms with Crippen molar-refractivity contribution in [2.75, 3.05) is 14.2 Å². The SMILES string of the molecule is COc1cc(C=O)cc(-c2cnccc2OC)c1. The Kier molecular flexibility index (Phi) is 3.57. The molecule has 0 aliphatic rings. The summed E-state index contributed by atoms with van der Waals surface area (Å²) in [4.78, 5) is 15.0. The van der Waals surface area contributed by atoms with Gasteiger partial charge in [0.25, 0.3) is 0 Å². The van der Waals surface area contributed by atoms with Crippen LogP contribution in [0.2, 0.25) is 0 Å². The molecule has 0 aliphatic carbocycles. The Labute approximate surface area is 105 Å². The van der Waals surface area contributed by atoms with Gasteiger partial charge in [0.15, 0.2) is 0 Å². The minimum atomic E-state index is 0.551. The number of hydrogen-bond donors (Lipinski definition) is 0. The first kappa shape index (κ1) is 12.1. The molecule has 1 aromatic heterocycles. The van der Waals surface area contributed by atoms with Gasteiger partial charge in [-0.2, -0.15) is 0 Å². The number of nitrogens with zero attached hydrogens (tertiary/aromatic N) is 1. The highest BCUT2D eigenvalue weighted by Gasteiger charge is 2.08. The quantitative estimate of drug-likeness (QED) is 0.774. The first-order valence-electron chi connectivity index (χ1n) is 5.41. The molecule has 18 heavy (non-hydrogen) atoms. The van der Waals surface area contributed by atoms with E-state index in [1.165, 1.54) is 0 Å². The second kappa shape index (κ2) is 5.31. The average molecular weight is 243 g/mol. The van der Waals surface area contributed by atoms with E-state index in [0.29, 0.717) is 17.1 Å². The third-order valence-electron chi connectivity index (χ3n) is 2.61. The highest BCUT2D eigenvalue weighted by atomic mass is 16.5. The molecule has 2 rings (SSSR count). The lowest BCUT2D eigenvalue weighted by Crippen LogP contribution is -1.92. The predicted molar refractivity (Wildman–Crippen MR) is 68.2 cm³/mol. The van der Waals surface area contributed by atoms with Gasteiger partial charge in [-0.05, 0) is 29.8 Å². The van der Waals surface area contributed by atoms with Crippen LogP contribution in [0.1, 0.15) is 10.4 Å². The number of benzene rings is 1. The Morgan fingerprint density at radius 3 is 2.67 bits per heavy atom. The van der Waals surface area contributed by atoms with Gasteiger partial charge in [0.2, 0.25) is 0 Å². The van der Waals surface area contributed by atoms with Gasteiger partial charge in [0, 0.05) is 23.5 Å². The molecule has 0 saturated carbocycles. The fourth-order valence-corrected chi connectivity index (χ4v) is 1.74. The number of carbonyl (C=O) groups is 1. The van der Waals surface area contributed by atoms with Gasteiger partial charge in [0.1, 0.15) is 17.8 Å². The van der Waals surface area contributed by atoms with E-state index in [2.05, 4.69) is 4.98 Å². The lowest BCUT2D eigenvalue weighted by molar-refractivity contribution is 0.112. The molecule has 0 unspecified atom stereocenters.